The third-order valence-corrected chi connectivity index (χ3v) is 21.1. The average Bonchev–Trinajstić information content (AvgIpc) is 1.34. The molecule has 21 nitrogen and oxygen atoms in total. The van der Waals surface area contributed by atoms with Crippen molar-refractivity contribution in [2.45, 2.75) is 107 Å². The Morgan fingerprint density at radius 2 is 1.67 bits per heavy atom. The fourth-order valence-corrected chi connectivity index (χ4v) is 15.7. The molecule has 0 unspecified atom stereocenters. The maximum atomic E-state index is 14.9. The van der Waals surface area contributed by atoms with Gasteiger partial charge in [-0.1, -0.05) is 24.3 Å². The minimum Gasteiger partial charge on any atom is -0.493 e. The predicted octanol–water partition coefficient (Wildman–Crippen LogP) is 8.55. The number of aromatic nitrogens is 3. The molecule has 2 atom stereocenters. The number of piperidine rings is 1. The van der Waals surface area contributed by atoms with Crippen LogP contribution in [0, 0.1) is 28.4 Å². The van der Waals surface area contributed by atoms with Gasteiger partial charge in [-0.3, -0.25) is 24.7 Å². The first kappa shape index (κ1) is 58.0. The summed E-state index contributed by atoms with van der Waals surface area (Å²) in [6.45, 7) is 15.0. The lowest BCUT2D eigenvalue weighted by molar-refractivity contribution is -0.384. The molecule has 13 rings (SSSR count). The summed E-state index contributed by atoms with van der Waals surface area (Å²) in [4.78, 5) is 54.1. The number of hydrogen-bond donors (Lipinski definition) is 4. The lowest BCUT2D eigenvalue weighted by Crippen LogP contribution is -2.59. The lowest BCUT2D eigenvalue weighted by atomic mass is 9.59. The van der Waals surface area contributed by atoms with Gasteiger partial charge in [0.25, 0.3) is 21.6 Å². The number of nitrogens with zero attached hydrogens (tertiary/aromatic N) is 9. The number of nitrogens with one attached hydrogen (secondary N) is 3. The van der Waals surface area contributed by atoms with Gasteiger partial charge in [-0.25, -0.2) is 23.1 Å². The number of piperazine rings is 1. The zero-order chi connectivity index (χ0) is 59.3. The maximum Gasteiger partial charge on any atom is 0.293 e. The van der Waals surface area contributed by atoms with E-state index in [0.29, 0.717) is 64.1 Å². The van der Waals surface area contributed by atoms with Gasteiger partial charge < -0.3 is 49.2 Å². The molecule has 4 N–H and O–H groups in total. The zero-order valence-electron chi connectivity index (χ0n) is 49.6. The van der Waals surface area contributed by atoms with E-state index >= 15 is 0 Å². The van der Waals surface area contributed by atoms with E-state index in [1.165, 1.54) is 23.3 Å². The van der Waals surface area contributed by atoms with Crippen LogP contribution in [0.25, 0.3) is 11.0 Å². The van der Waals surface area contributed by atoms with E-state index in [9.17, 15) is 28.4 Å². The molecule has 2 aliphatic carbocycles. The number of ether oxygens (including phenoxy) is 3. The molecule has 456 valence electrons. The van der Waals surface area contributed by atoms with Crippen molar-refractivity contribution >= 4 is 67.0 Å². The van der Waals surface area contributed by atoms with Crippen molar-refractivity contribution in [3.8, 4) is 5.75 Å². The Morgan fingerprint density at radius 1 is 0.872 bits per heavy atom. The Kier molecular flexibility index (Phi) is 16.1. The van der Waals surface area contributed by atoms with Crippen LogP contribution in [0.15, 0.2) is 96.2 Å². The first-order valence-corrected chi connectivity index (χ1v) is 32.3. The van der Waals surface area contributed by atoms with Gasteiger partial charge >= 0.3 is 0 Å². The maximum absolute atomic E-state index is 14.9. The molecule has 0 radical (unpaired) electrons. The number of methoxy groups -OCH3 is 1. The molecule has 5 aliphatic heterocycles. The number of aromatic amines is 1. The Morgan fingerprint density at radius 3 is 2.45 bits per heavy atom. The molecule has 3 aromatic heterocycles. The molecule has 1 amide bonds. The Labute approximate surface area is 503 Å². The number of anilines is 6. The standard InChI is InChI=1S/C64H80N12O9S/c1-43-7-4-5-8-51(43)57-41-70(39-45-31-58(83-3)61(67-38-45)72-26-29-84-30-27-72)24-25-73(57)48-35-64(36-48)18-22-71(23-19-64)47-9-11-52(54(33-47)75-40-49-42-85-28-6-21-74(49)60-56(75)32-46-15-20-65-59(46)68-60)62(77)69-86(81,82)50-10-12-53(55(34-50)76(79)80)66-37-44-13-16-63(2,78)17-14-44/h4-5,7-12,15,20,31-34,38,44,48-49,57,66,78H,6,13-14,16-19,21-30,35-37,39-42H2,1-3H3,(H,65,68)(H,69,77)/t44-,49-,57+,63-/m1/s1. The summed E-state index contributed by atoms with van der Waals surface area (Å²) in [7, 11) is -2.90. The quantitative estimate of drug-likeness (QED) is 0.0558. The second kappa shape index (κ2) is 23.9. The molecule has 22 heteroatoms. The number of fused-ring (bicyclic) bond motifs is 4. The molecule has 8 heterocycles. The normalized spacial score (nSPS) is 24.0. The average molecular weight is 1190 g/mol. The van der Waals surface area contributed by atoms with Crippen LogP contribution < -0.4 is 34.4 Å². The van der Waals surface area contributed by atoms with Crippen LogP contribution in [0.2, 0.25) is 0 Å². The number of H-pyrrole nitrogens is 1. The fourth-order valence-electron chi connectivity index (χ4n) is 14.8. The number of rotatable bonds is 15. The number of nitro benzene ring substituents is 1. The van der Waals surface area contributed by atoms with E-state index in [1.807, 2.05) is 37.5 Å². The molecule has 6 fully saturated rings. The molecule has 2 saturated carbocycles. The third kappa shape index (κ3) is 11.8. The van der Waals surface area contributed by atoms with Crippen LogP contribution in [0.5, 0.6) is 5.75 Å². The number of sulfonamides is 1. The van der Waals surface area contributed by atoms with E-state index in [2.05, 4.69) is 87.7 Å². The molecular weight excluding hydrogens is 1110 g/mol. The second-order valence-electron chi connectivity index (χ2n) is 25.4. The first-order chi connectivity index (χ1) is 41.6. The summed E-state index contributed by atoms with van der Waals surface area (Å²) in [5.41, 5.74) is 6.21. The highest BCUT2D eigenvalue weighted by atomic mass is 32.2. The first-order valence-electron chi connectivity index (χ1n) is 30.8. The van der Waals surface area contributed by atoms with Gasteiger partial charge in [0.1, 0.15) is 11.3 Å². The van der Waals surface area contributed by atoms with Crippen LogP contribution in [-0.2, 0) is 26.0 Å². The van der Waals surface area contributed by atoms with E-state index < -0.39 is 37.0 Å². The number of pyridine rings is 2. The van der Waals surface area contributed by atoms with Gasteiger partial charge in [0.05, 0.1) is 65.3 Å². The number of benzene rings is 3. The van der Waals surface area contributed by atoms with E-state index in [0.717, 1.165) is 155 Å². The number of aliphatic hydroxyl groups is 1. The summed E-state index contributed by atoms with van der Waals surface area (Å²) in [6, 6.07) is 25.0. The fraction of sp³-hybridized carbons (Fsp3) is 0.516. The van der Waals surface area contributed by atoms with Crippen LogP contribution in [0.4, 0.5) is 40.1 Å². The van der Waals surface area contributed by atoms with Gasteiger partial charge in [-0.2, -0.15) is 0 Å². The topological polar surface area (TPSA) is 227 Å². The van der Waals surface area contributed by atoms with E-state index in [-0.39, 0.29) is 34.7 Å². The SMILES string of the molecule is COc1cc(CN2CCN(C3CC4(CCN(c5ccc(C(=O)NS(=O)(=O)c6ccc(NC[C@H]7CC[C@](C)(O)CC7)c([N+](=O)[O-])c6)c(N6C[C@@H]7COCCCN7c7nc8[nH]ccc8cc76)c5)CC4)C3)[C@H](c3ccccc3C)C2)cnc1N1CCOCC1. The van der Waals surface area contributed by atoms with E-state index in [4.69, 9.17) is 24.2 Å². The molecule has 0 bridgehead atoms. The van der Waals surface area contributed by atoms with Crippen molar-refractivity contribution in [2.75, 3.05) is 124 Å². The van der Waals surface area contributed by atoms with Crippen molar-refractivity contribution in [3.63, 3.8) is 0 Å². The summed E-state index contributed by atoms with van der Waals surface area (Å²) >= 11 is 0. The molecule has 7 aliphatic rings. The summed E-state index contributed by atoms with van der Waals surface area (Å²) in [6.07, 6.45) is 11.8. The molecular formula is C64H80N12O9S. The smallest absolute Gasteiger partial charge is 0.293 e. The summed E-state index contributed by atoms with van der Waals surface area (Å²) in [5.74, 6) is 1.76. The van der Waals surface area contributed by atoms with Crippen LogP contribution >= 0.6 is 0 Å². The number of nitro groups is 1. The van der Waals surface area contributed by atoms with Crippen molar-refractivity contribution in [3.05, 3.63) is 124 Å². The molecule has 6 aromatic rings. The van der Waals surface area contributed by atoms with Crippen LogP contribution in [0.1, 0.15) is 97.8 Å². The molecule has 86 heavy (non-hydrogen) atoms. The number of carbonyl (C=O) groups excluding carboxylic acids is 1. The predicted molar refractivity (Wildman–Crippen MR) is 332 cm³/mol. The largest absolute Gasteiger partial charge is 0.493 e. The van der Waals surface area contributed by atoms with Gasteiger partial charge in [-0.15, -0.1) is 0 Å². The molecule has 4 saturated heterocycles. The lowest BCUT2D eigenvalue weighted by Gasteiger charge is -2.58. The highest BCUT2D eigenvalue weighted by Gasteiger charge is 2.50. The van der Waals surface area contributed by atoms with Crippen LogP contribution in [0.3, 0.4) is 0 Å². The van der Waals surface area contributed by atoms with Gasteiger partial charge in [0.15, 0.2) is 17.4 Å². The minimum atomic E-state index is -4.63. The summed E-state index contributed by atoms with van der Waals surface area (Å²) in [5, 5.41) is 27.0. The zero-order valence-corrected chi connectivity index (χ0v) is 50.4. The summed E-state index contributed by atoms with van der Waals surface area (Å²) < 4.78 is 48.6. The van der Waals surface area contributed by atoms with Gasteiger partial charge in [0.2, 0.25) is 0 Å². The Hall–Kier alpha value is -7.08. The van der Waals surface area contributed by atoms with Crippen molar-refractivity contribution in [1.29, 1.82) is 0 Å². The number of hydrogen-bond acceptors (Lipinski definition) is 18. The van der Waals surface area contributed by atoms with Crippen LogP contribution in [-0.4, -0.2) is 166 Å². The van der Waals surface area contributed by atoms with Crippen molar-refractivity contribution in [1.82, 2.24) is 29.5 Å². The van der Waals surface area contributed by atoms with Crippen molar-refractivity contribution in [2.24, 2.45) is 11.3 Å². The number of amides is 1. The number of aryl methyl sites for hydroxylation is 1. The molecule has 3 aromatic carbocycles. The Bertz CT molecular complexity index is 3590. The molecule has 1 spiro atoms. The third-order valence-electron chi connectivity index (χ3n) is 19.7. The monoisotopic (exact) mass is 1190 g/mol. The van der Waals surface area contributed by atoms with Crippen molar-refractivity contribution < 1.29 is 37.5 Å². The van der Waals surface area contributed by atoms with Gasteiger partial charge in [-0.05, 0) is 148 Å². The number of carbonyl (C=O) groups is 1. The van der Waals surface area contributed by atoms with Gasteiger partial charge in [0, 0.05) is 120 Å². The minimum absolute atomic E-state index is 0.122. The second-order valence-corrected chi connectivity index (χ2v) is 27.1. The number of morpholine rings is 1. The van der Waals surface area contributed by atoms with E-state index in [1.54, 1.807) is 13.2 Å². The highest BCUT2D eigenvalue weighted by molar-refractivity contribution is 7.90. The Balaban J connectivity index is 0.737. The highest BCUT2D eigenvalue weighted by Crippen LogP contribution is 2.54.